The molecule has 2 aromatic rings. The normalized spacial score (nSPS) is 10.9. The van der Waals surface area contributed by atoms with Gasteiger partial charge in [0.05, 0.1) is 21.3 Å². The molecule has 0 saturated heterocycles. The van der Waals surface area contributed by atoms with Crippen molar-refractivity contribution in [3.63, 3.8) is 0 Å². The summed E-state index contributed by atoms with van der Waals surface area (Å²) in [7, 11) is 4.64. The van der Waals surface area contributed by atoms with Crippen molar-refractivity contribution in [1.82, 2.24) is 0 Å². The zero-order valence-corrected chi connectivity index (χ0v) is 13.6. The van der Waals surface area contributed by atoms with Gasteiger partial charge in [0.2, 0.25) is 5.75 Å². The van der Waals surface area contributed by atoms with Crippen molar-refractivity contribution >= 4 is 12.2 Å². The van der Waals surface area contributed by atoms with E-state index in [0.29, 0.717) is 17.2 Å². The van der Waals surface area contributed by atoms with Crippen LogP contribution in [-0.2, 0) is 0 Å². The van der Waals surface area contributed by atoms with Gasteiger partial charge in [-0.15, -0.1) is 0 Å². The summed E-state index contributed by atoms with van der Waals surface area (Å²) in [5, 5.41) is 0. The molecule has 0 aliphatic heterocycles. The lowest BCUT2D eigenvalue weighted by molar-refractivity contribution is -0.0498. The Balaban J connectivity index is 2.22. The summed E-state index contributed by atoms with van der Waals surface area (Å²) < 4.78 is 44.4. The van der Waals surface area contributed by atoms with Crippen LogP contribution in [0.3, 0.4) is 0 Å². The summed E-state index contributed by atoms with van der Waals surface area (Å²) in [6.07, 6.45) is 3.69. The molecule has 0 spiro atoms. The first-order valence-corrected chi connectivity index (χ1v) is 7.10. The van der Waals surface area contributed by atoms with Crippen LogP contribution in [0.5, 0.6) is 23.0 Å². The fourth-order valence-electron chi connectivity index (χ4n) is 2.15. The SMILES string of the molecule is COc1cc(/C=C\c2ccc(OC(F)F)cc2)cc(OC)c1OC. The van der Waals surface area contributed by atoms with E-state index in [1.807, 2.05) is 24.3 Å². The topological polar surface area (TPSA) is 36.9 Å². The lowest BCUT2D eigenvalue weighted by Gasteiger charge is -2.12. The minimum Gasteiger partial charge on any atom is -0.493 e. The fraction of sp³-hybridized carbons (Fsp3) is 0.222. The van der Waals surface area contributed by atoms with Crippen LogP contribution >= 0.6 is 0 Å². The summed E-state index contributed by atoms with van der Waals surface area (Å²) >= 11 is 0. The molecular formula is C18H18F2O4. The lowest BCUT2D eigenvalue weighted by atomic mass is 10.1. The number of halogens is 2. The van der Waals surface area contributed by atoms with E-state index in [9.17, 15) is 8.78 Å². The number of ether oxygens (including phenoxy) is 4. The molecule has 0 amide bonds. The second-order valence-corrected chi connectivity index (χ2v) is 4.74. The minimum atomic E-state index is -2.83. The molecule has 0 fully saturated rings. The summed E-state index contributed by atoms with van der Waals surface area (Å²) in [6.45, 7) is -2.83. The monoisotopic (exact) mass is 336 g/mol. The van der Waals surface area contributed by atoms with Crippen LogP contribution in [0.4, 0.5) is 8.78 Å². The van der Waals surface area contributed by atoms with E-state index < -0.39 is 6.61 Å². The van der Waals surface area contributed by atoms with Gasteiger partial charge in [0.15, 0.2) is 11.5 Å². The number of benzene rings is 2. The van der Waals surface area contributed by atoms with Crippen LogP contribution in [0.25, 0.3) is 12.2 Å². The standard InChI is InChI=1S/C18H18F2O4/c1-21-15-10-13(11-16(22-2)17(15)23-3)5-4-12-6-8-14(9-7-12)24-18(19)20/h4-11,18H,1-3H3/b5-4-. The molecule has 0 atom stereocenters. The average Bonchev–Trinajstić information content (AvgIpc) is 2.59. The maximum absolute atomic E-state index is 12.1. The van der Waals surface area contributed by atoms with Gasteiger partial charge in [0, 0.05) is 0 Å². The van der Waals surface area contributed by atoms with Gasteiger partial charge in [-0.1, -0.05) is 24.3 Å². The fourth-order valence-corrected chi connectivity index (χ4v) is 2.15. The number of alkyl halides is 2. The molecule has 0 radical (unpaired) electrons. The molecule has 0 unspecified atom stereocenters. The maximum Gasteiger partial charge on any atom is 0.387 e. The largest absolute Gasteiger partial charge is 0.493 e. The third-order valence-corrected chi connectivity index (χ3v) is 3.26. The zero-order valence-electron chi connectivity index (χ0n) is 13.6. The van der Waals surface area contributed by atoms with E-state index in [4.69, 9.17) is 14.2 Å². The quantitative estimate of drug-likeness (QED) is 0.699. The van der Waals surface area contributed by atoms with Crippen molar-refractivity contribution in [2.45, 2.75) is 6.61 Å². The van der Waals surface area contributed by atoms with E-state index >= 15 is 0 Å². The highest BCUT2D eigenvalue weighted by molar-refractivity contribution is 5.72. The first kappa shape index (κ1) is 17.6. The third kappa shape index (κ3) is 4.38. The van der Waals surface area contributed by atoms with E-state index in [1.54, 1.807) is 33.5 Å². The Hall–Kier alpha value is -2.76. The molecular weight excluding hydrogens is 318 g/mol. The van der Waals surface area contributed by atoms with Crippen molar-refractivity contribution < 1.29 is 27.7 Å². The predicted molar refractivity (Wildman–Crippen MR) is 88.1 cm³/mol. The van der Waals surface area contributed by atoms with Crippen LogP contribution in [0.1, 0.15) is 11.1 Å². The first-order valence-electron chi connectivity index (χ1n) is 7.10. The van der Waals surface area contributed by atoms with Crippen LogP contribution in [0.15, 0.2) is 36.4 Å². The molecule has 0 heterocycles. The molecule has 2 rings (SSSR count). The number of rotatable bonds is 7. The Kier molecular flexibility index (Phi) is 6.01. The van der Waals surface area contributed by atoms with E-state index in [-0.39, 0.29) is 5.75 Å². The average molecular weight is 336 g/mol. The molecule has 6 heteroatoms. The van der Waals surface area contributed by atoms with Crippen molar-refractivity contribution in [2.75, 3.05) is 21.3 Å². The first-order chi connectivity index (χ1) is 11.6. The van der Waals surface area contributed by atoms with Gasteiger partial charge in [-0.05, 0) is 35.4 Å². The zero-order chi connectivity index (χ0) is 17.5. The van der Waals surface area contributed by atoms with Gasteiger partial charge < -0.3 is 18.9 Å². The van der Waals surface area contributed by atoms with Crippen LogP contribution in [0.2, 0.25) is 0 Å². The van der Waals surface area contributed by atoms with Crippen LogP contribution in [0, 0.1) is 0 Å². The van der Waals surface area contributed by atoms with Gasteiger partial charge in [-0.3, -0.25) is 0 Å². The molecule has 128 valence electrons. The molecule has 0 aliphatic rings. The Morgan fingerprint density at radius 1 is 0.792 bits per heavy atom. The minimum absolute atomic E-state index is 0.120. The molecule has 0 aliphatic carbocycles. The predicted octanol–water partition coefficient (Wildman–Crippen LogP) is 4.48. The molecule has 0 aromatic heterocycles. The summed E-state index contributed by atoms with van der Waals surface area (Å²) in [4.78, 5) is 0. The van der Waals surface area contributed by atoms with Crippen molar-refractivity contribution in [3.05, 3.63) is 47.5 Å². The smallest absolute Gasteiger partial charge is 0.387 e. The van der Waals surface area contributed by atoms with Crippen molar-refractivity contribution in [2.24, 2.45) is 0 Å². The maximum atomic E-state index is 12.1. The highest BCUT2D eigenvalue weighted by atomic mass is 19.3. The molecule has 4 nitrogen and oxygen atoms in total. The third-order valence-electron chi connectivity index (χ3n) is 3.26. The Labute approximate surface area is 139 Å². The molecule has 0 bridgehead atoms. The van der Waals surface area contributed by atoms with Gasteiger partial charge in [0.1, 0.15) is 5.75 Å². The highest BCUT2D eigenvalue weighted by Gasteiger charge is 2.12. The number of methoxy groups -OCH3 is 3. The Bertz CT molecular complexity index is 672. The molecule has 0 N–H and O–H groups in total. The molecule has 2 aromatic carbocycles. The number of hydrogen-bond donors (Lipinski definition) is 0. The van der Waals surface area contributed by atoms with Gasteiger partial charge in [-0.2, -0.15) is 8.78 Å². The second kappa shape index (κ2) is 8.19. The van der Waals surface area contributed by atoms with Crippen LogP contribution < -0.4 is 18.9 Å². The van der Waals surface area contributed by atoms with Crippen molar-refractivity contribution in [3.8, 4) is 23.0 Å². The van der Waals surface area contributed by atoms with Gasteiger partial charge >= 0.3 is 6.61 Å². The van der Waals surface area contributed by atoms with E-state index in [2.05, 4.69) is 4.74 Å². The second-order valence-electron chi connectivity index (χ2n) is 4.74. The van der Waals surface area contributed by atoms with Gasteiger partial charge in [0.25, 0.3) is 0 Å². The summed E-state index contributed by atoms with van der Waals surface area (Å²) in [6, 6.07) is 9.97. The van der Waals surface area contributed by atoms with E-state index in [0.717, 1.165) is 11.1 Å². The van der Waals surface area contributed by atoms with Crippen molar-refractivity contribution in [1.29, 1.82) is 0 Å². The Morgan fingerprint density at radius 2 is 1.33 bits per heavy atom. The molecule has 24 heavy (non-hydrogen) atoms. The number of hydrogen-bond acceptors (Lipinski definition) is 4. The lowest BCUT2D eigenvalue weighted by Crippen LogP contribution is -2.01. The Morgan fingerprint density at radius 3 is 1.79 bits per heavy atom. The summed E-state index contributed by atoms with van der Waals surface area (Å²) in [5.41, 5.74) is 1.68. The molecule has 0 saturated carbocycles. The highest BCUT2D eigenvalue weighted by Crippen LogP contribution is 2.38. The van der Waals surface area contributed by atoms with Gasteiger partial charge in [-0.25, -0.2) is 0 Å². The van der Waals surface area contributed by atoms with Crippen LogP contribution in [-0.4, -0.2) is 27.9 Å². The van der Waals surface area contributed by atoms with E-state index in [1.165, 1.54) is 12.1 Å². The summed E-state index contributed by atoms with van der Waals surface area (Å²) in [5.74, 6) is 1.75.